The molecule has 2 amide bonds. The standard InChI is InChI=1S/C20H20N4O2S/c25-12-16-10-24(11-18(16)15-6-7-27-13-15)20(26)23-17-8-21-19(22-9-17)14-4-2-1-3-5-14/h1-9,13,16,18,25H,10-12H2,(H,23,26)/t16-,18-/m0/s1. The molecule has 2 atom stereocenters. The number of thiophene rings is 1. The highest BCUT2D eigenvalue weighted by Gasteiger charge is 2.36. The van der Waals surface area contributed by atoms with Crippen LogP contribution in [0.4, 0.5) is 10.5 Å². The van der Waals surface area contributed by atoms with Gasteiger partial charge in [-0.3, -0.25) is 0 Å². The zero-order valence-electron chi connectivity index (χ0n) is 14.7. The molecule has 1 aliphatic rings. The van der Waals surface area contributed by atoms with Gasteiger partial charge in [0.2, 0.25) is 0 Å². The third kappa shape index (κ3) is 3.84. The Morgan fingerprint density at radius 1 is 1.19 bits per heavy atom. The zero-order valence-corrected chi connectivity index (χ0v) is 15.5. The number of carbonyl (C=O) groups is 1. The molecule has 3 aromatic rings. The summed E-state index contributed by atoms with van der Waals surface area (Å²) in [5.74, 6) is 0.846. The van der Waals surface area contributed by atoms with Crippen molar-refractivity contribution in [3.63, 3.8) is 0 Å². The van der Waals surface area contributed by atoms with Crippen molar-refractivity contribution in [3.05, 3.63) is 65.1 Å². The van der Waals surface area contributed by atoms with Crippen molar-refractivity contribution in [2.75, 3.05) is 25.0 Å². The number of hydrogen-bond donors (Lipinski definition) is 2. The molecule has 2 N–H and O–H groups in total. The third-order valence-electron chi connectivity index (χ3n) is 4.87. The number of nitrogens with one attached hydrogen (secondary N) is 1. The highest BCUT2D eigenvalue weighted by atomic mass is 32.1. The molecule has 0 unspecified atom stereocenters. The number of hydrogen-bond acceptors (Lipinski definition) is 5. The minimum absolute atomic E-state index is 0.0575. The summed E-state index contributed by atoms with van der Waals surface area (Å²) < 4.78 is 0. The van der Waals surface area contributed by atoms with E-state index in [2.05, 4.69) is 26.7 Å². The van der Waals surface area contributed by atoms with Crippen molar-refractivity contribution in [3.8, 4) is 11.4 Å². The Labute approximate surface area is 161 Å². The van der Waals surface area contributed by atoms with Gasteiger partial charge in [-0.1, -0.05) is 30.3 Å². The van der Waals surface area contributed by atoms with Crippen LogP contribution < -0.4 is 5.32 Å². The summed E-state index contributed by atoms with van der Waals surface area (Å²) >= 11 is 1.63. The van der Waals surface area contributed by atoms with E-state index in [1.165, 1.54) is 5.56 Å². The molecular weight excluding hydrogens is 360 g/mol. The Morgan fingerprint density at radius 3 is 2.63 bits per heavy atom. The van der Waals surface area contributed by atoms with E-state index < -0.39 is 0 Å². The van der Waals surface area contributed by atoms with Crippen molar-refractivity contribution < 1.29 is 9.90 Å². The average Bonchev–Trinajstić information content (AvgIpc) is 3.38. The molecule has 6 nitrogen and oxygen atoms in total. The minimum Gasteiger partial charge on any atom is -0.396 e. The minimum atomic E-state index is -0.192. The fourth-order valence-electron chi connectivity index (χ4n) is 3.42. The predicted octanol–water partition coefficient (Wildman–Crippen LogP) is 3.44. The van der Waals surface area contributed by atoms with Crippen LogP contribution >= 0.6 is 11.3 Å². The first-order valence-electron chi connectivity index (χ1n) is 8.81. The Bertz CT molecular complexity index is 884. The zero-order chi connectivity index (χ0) is 18.6. The van der Waals surface area contributed by atoms with E-state index in [4.69, 9.17) is 0 Å². The van der Waals surface area contributed by atoms with Gasteiger partial charge < -0.3 is 15.3 Å². The molecule has 1 aromatic carbocycles. The van der Waals surface area contributed by atoms with Crippen molar-refractivity contribution in [1.82, 2.24) is 14.9 Å². The molecule has 0 radical (unpaired) electrons. The van der Waals surface area contributed by atoms with Gasteiger partial charge >= 0.3 is 6.03 Å². The molecule has 0 spiro atoms. The lowest BCUT2D eigenvalue weighted by Crippen LogP contribution is -2.33. The maximum atomic E-state index is 12.6. The number of nitrogens with zero attached hydrogens (tertiary/aromatic N) is 3. The van der Waals surface area contributed by atoms with Gasteiger partial charge in [-0.05, 0) is 22.4 Å². The lowest BCUT2D eigenvalue weighted by molar-refractivity contribution is 0.207. The van der Waals surface area contributed by atoms with Crippen LogP contribution in [0.5, 0.6) is 0 Å². The number of amides is 2. The Hall–Kier alpha value is -2.77. The van der Waals surface area contributed by atoms with Gasteiger partial charge in [-0.2, -0.15) is 11.3 Å². The molecule has 1 saturated heterocycles. The number of benzene rings is 1. The Morgan fingerprint density at radius 2 is 1.96 bits per heavy atom. The summed E-state index contributed by atoms with van der Waals surface area (Å²) in [6, 6.07) is 11.6. The maximum Gasteiger partial charge on any atom is 0.321 e. The summed E-state index contributed by atoms with van der Waals surface area (Å²) in [7, 11) is 0. The second kappa shape index (κ2) is 7.85. The molecule has 27 heavy (non-hydrogen) atoms. The lowest BCUT2D eigenvalue weighted by atomic mass is 9.92. The number of aromatic nitrogens is 2. The molecule has 1 aliphatic heterocycles. The number of aliphatic hydroxyl groups excluding tert-OH is 1. The SMILES string of the molecule is O=C(Nc1cnc(-c2ccccc2)nc1)N1C[C@@H](CO)[C@H](c2ccsc2)C1. The molecule has 2 aromatic heterocycles. The maximum absolute atomic E-state index is 12.6. The number of carbonyl (C=O) groups excluding carboxylic acids is 1. The van der Waals surface area contributed by atoms with Gasteiger partial charge in [0.1, 0.15) is 0 Å². The van der Waals surface area contributed by atoms with E-state index in [0.717, 1.165) is 5.56 Å². The molecule has 0 saturated carbocycles. The first-order chi connectivity index (χ1) is 13.2. The summed E-state index contributed by atoms with van der Waals surface area (Å²) in [4.78, 5) is 23.0. The van der Waals surface area contributed by atoms with Gasteiger partial charge in [-0.15, -0.1) is 0 Å². The van der Waals surface area contributed by atoms with Crippen LogP contribution in [0, 0.1) is 5.92 Å². The van der Waals surface area contributed by atoms with Crippen LogP contribution in [-0.2, 0) is 0 Å². The first kappa shape index (κ1) is 17.6. The molecule has 3 heterocycles. The van der Waals surface area contributed by atoms with Gasteiger partial charge in [0.05, 0.1) is 18.1 Å². The second-order valence-corrected chi connectivity index (χ2v) is 7.38. The molecule has 138 valence electrons. The Balaban J connectivity index is 1.42. The fourth-order valence-corrected chi connectivity index (χ4v) is 4.14. The molecular formula is C20H20N4O2S. The van der Waals surface area contributed by atoms with Crippen LogP contribution in [-0.4, -0.2) is 45.7 Å². The molecule has 0 aliphatic carbocycles. The lowest BCUT2D eigenvalue weighted by Gasteiger charge is -2.17. The molecule has 1 fully saturated rings. The topological polar surface area (TPSA) is 78.4 Å². The van der Waals surface area contributed by atoms with E-state index in [9.17, 15) is 9.90 Å². The van der Waals surface area contributed by atoms with Crippen LogP contribution in [0.15, 0.2) is 59.6 Å². The van der Waals surface area contributed by atoms with Gasteiger partial charge in [0.15, 0.2) is 5.82 Å². The third-order valence-corrected chi connectivity index (χ3v) is 5.57. The van der Waals surface area contributed by atoms with Crippen molar-refractivity contribution >= 4 is 23.1 Å². The predicted molar refractivity (Wildman–Crippen MR) is 106 cm³/mol. The van der Waals surface area contributed by atoms with E-state index in [1.54, 1.807) is 28.6 Å². The summed E-state index contributed by atoms with van der Waals surface area (Å²) in [5.41, 5.74) is 2.67. The van der Waals surface area contributed by atoms with Crippen molar-refractivity contribution in [1.29, 1.82) is 0 Å². The Kier molecular flexibility index (Phi) is 5.13. The van der Waals surface area contributed by atoms with E-state index in [0.29, 0.717) is 24.6 Å². The van der Waals surface area contributed by atoms with Gasteiger partial charge in [0, 0.05) is 37.1 Å². The fraction of sp³-hybridized carbons (Fsp3) is 0.250. The van der Waals surface area contributed by atoms with E-state index >= 15 is 0 Å². The number of anilines is 1. The van der Waals surface area contributed by atoms with Crippen molar-refractivity contribution in [2.24, 2.45) is 5.92 Å². The monoisotopic (exact) mass is 380 g/mol. The van der Waals surface area contributed by atoms with Crippen LogP contribution in [0.25, 0.3) is 11.4 Å². The van der Waals surface area contributed by atoms with E-state index in [-0.39, 0.29) is 24.5 Å². The molecule has 7 heteroatoms. The van der Waals surface area contributed by atoms with Crippen molar-refractivity contribution in [2.45, 2.75) is 5.92 Å². The van der Waals surface area contributed by atoms with Gasteiger partial charge in [-0.25, -0.2) is 14.8 Å². The molecule has 0 bridgehead atoms. The first-order valence-corrected chi connectivity index (χ1v) is 9.75. The summed E-state index contributed by atoms with van der Waals surface area (Å²) in [6.45, 7) is 1.20. The number of aliphatic hydroxyl groups is 1. The number of rotatable bonds is 4. The second-order valence-electron chi connectivity index (χ2n) is 6.60. The summed E-state index contributed by atoms with van der Waals surface area (Å²) in [5, 5.41) is 16.7. The smallest absolute Gasteiger partial charge is 0.321 e. The normalized spacial score (nSPS) is 19.2. The van der Waals surface area contributed by atoms with Crippen LogP contribution in [0.3, 0.4) is 0 Å². The van der Waals surface area contributed by atoms with E-state index in [1.807, 2.05) is 35.7 Å². The average molecular weight is 380 g/mol. The van der Waals surface area contributed by atoms with Gasteiger partial charge in [0.25, 0.3) is 0 Å². The number of urea groups is 1. The quantitative estimate of drug-likeness (QED) is 0.727. The summed E-state index contributed by atoms with van der Waals surface area (Å²) in [6.07, 6.45) is 3.23. The molecule has 4 rings (SSSR count). The van der Waals surface area contributed by atoms with Crippen LogP contribution in [0.1, 0.15) is 11.5 Å². The highest BCUT2D eigenvalue weighted by Crippen LogP contribution is 2.33. The largest absolute Gasteiger partial charge is 0.396 e. The van der Waals surface area contributed by atoms with Crippen LogP contribution in [0.2, 0.25) is 0 Å². The highest BCUT2D eigenvalue weighted by molar-refractivity contribution is 7.08. The number of likely N-dealkylation sites (tertiary alicyclic amines) is 1.